The fourth-order valence-corrected chi connectivity index (χ4v) is 6.27. The predicted octanol–water partition coefficient (Wildman–Crippen LogP) is 5.50. The van der Waals surface area contributed by atoms with Crippen molar-refractivity contribution in [1.29, 1.82) is 0 Å². The summed E-state index contributed by atoms with van der Waals surface area (Å²) in [7, 11) is -2.79. The highest BCUT2D eigenvalue weighted by Crippen LogP contribution is 2.27. The molecule has 0 radical (unpaired) electrons. The van der Waals surface area contributed by atoms with E-state index in [0.717, 1.165) is 15.4 Å². The van der Waals surface area contributed by atoms with Gasteiger partial charge in [-0.3, -0.25) is 13.9 Å². The van der Waals surface area contributed by atoms with Gasteiger partial charge in [0.25, 0.3) is 10.0 Å². The van der Waals surface area contributed by atoms with Crippen LogP contribution in [0.3, 0.4) is 0 Å². The molecule has 4 aromatic rings. The maximum atomic E-state index is 15.0. The third-order valence-electron chi connectivity index (χ3n) is 7.25. The van der Waals surface area contributed by atoms with E-state index in [4.69, 9.17) is 4.74 Å². The van der Waals surface area contributed by atoms with Gasteiger partial charge in [0, 0.05) is 24.6 Å². The molecule has 1 atom stereocenters. The molecule has 0 aromatic heterocycles. The molecule has 0 aliphatic rings. The van der Waals surface area contributed by atoms with Crippen LogP contribution in [0.4, 0.5) is 10.1 Å². The first kappa shape index (κ1) is 33.2. The Morgan fingerprint density at radius 3 is 2.09 bits per heavy atom. The number of aryl methyl sites for hydroxylation is 1. The number of amides is 2. The molecular formula is C35H38FN3O5S. The van der Waals surface area contributed by atoms with Crippen molar-refractivity contribution in [3.05, 3.63) is 126 Å². The number of carbonyl (C=O) groups is 2. The van der Waals surface area contributed by atoms with Crippen LogP contribution in [0, 0.1) is 12.7 Å². The zero-order chi connectivity index (χ0) is 32.6. The Kier molecular flexibility index (Phi) is 11.0. The number of nitrogens with zero attached hydrogens (tertiary/aromatic N) is 2. The van der Waals surface area contributed by atoms with Gasteiger partial charge >= 0.3 is 0 Å². The average molecular weight is 632 g/mol. The van der Waals surface area contributed by atoms with E-state index in [1.807, 2.05) is 37.3 Å². The lowest BCUT2D eigenvalue weighted by atomic mass is 10.0. The molecule has 10 heteroatoms. The van der Waals surface area contributed by atoms with Crippen LogP contribution in [-0.2, 0) is 32.6 Å². The van der Waals surface area contributed by atoms with Crippen LogP contribution in [-0.4, -0.2) is 50.9 Å². The lowest BCUT2D eigenvalue weighted by molar-refractivity contribution is -0.140. The van der Waals surface area contributed by atoms with Gasteiger partial charge in [0.1, 0.15) is 24.2 Å². The number of nitrogens with one attached hydrogen (secondary N) is 1. The van der Waals surface area contributed by atoms with Gasteiger partial charge in [-0.2, -0.15) is 0 Å². The highest BCUT2D eigenvalue weighted by molar-refractivity contribution is 7.92. The largest absolute Gasteiger partial charge is 0.497 e. The molecule has 2 amide bonds. The van der Waals surface area contributed by atoms with Gasteiger partial charge in [-0.1, -0.05) is 66.2 Å². The molecular weight excluding hydrogens is 593 g/mol. The summed E-state index contributed by atoms with van der Waals surface area (Å²) >= 11 is 0. The number of sulfonamides is 1. The topological polar surface area (TPSA) is 96.0 Å². The Morgan fingerprint density at radius 1 is 0.867 bits per heavy atom. The van der Waals surface area contributed by atoms with Gasteiger partial charge in [-0.25, -0.2) is 12.8 Å². The molecule has 0 spiro atoms. The smallest absolute Gasteiger partial charge is 0.264 e. The molecule has 0 aliphatic heterocycles. The molecule has 4 rings (SSSR count). The molecule has 0 heterocycles. The summed E-state index contributed by atoms with van der Waals surface area (Å²) in [6.45, 7) is 4.60. The number of anilines is 1. The zero-order valence-electron chi connectivity index (χ0n) is 25.8. The number of benzene rings is 4. The van der Waals surface area contributed by atoms with Crippen LogP contribution < -0.4 is 14.4 Å². The SMILES string of the molecule is COc1ccc(S(=O)(=O)N(CC(=O)N(Cc2ccccc2F)[C@@H](Cc2ccccc2)C(=O)NC(C)C)c2ccc(C)cc2)cc1. The highest BCUT2D eigenvalue weighted by Gasteiger charge is 2.35. The predicted molar refractivity (Wildman–Crippen MR) is 173 cm³/mol. The van der Waals surface area contributed by atoms with E-state index in [0.29, 0.717) is 5.75 Å². The second-order valence-electron chi connectivity index (χ2n) is 11.0. The van der Waals surface area contributed by atoms with Gasteiger partial charge in [0.2, 0.25) is 11.8 Å². The first-order valence-corrected chi connectivity index (χ1v) is 16.0. The van der Waals surface area contributed by atoms with E-state index >= 15 is 0 Å². The van der Waals surface area contributed by atoms with Crippen molar-refractivity contribution in [3.63, 3.8) is 0 Å². The summed E-state index contributed by atoms with van der Waals surface area (Å²) in [4.78, 5) is 29.3. The number of ether oxygens (including phenoxy) is 1. The Hall–Kier alpha value is -4.70. The van der Waals surface area contributed by atoms with Crippen LogP contribution in [0.15, 0.2) is 108 Å². The van der Waals surface area contributed by atoms with Crippen molar-refractivity contribution in [2.24, 2.45) is 0 Å². The van der Waals surface area contributed by atoms with E-state index < -0.39 is 40.2 Å². The molecule has 4 aromatic carbocycles. The number of halogens is 1. The maximum Gasteiger partial charge on any atom is 0.264 e. The van der Waals surface area contributed by atoms with Crippen LogP contribution in [0.1, 0.15) is 30.5 Å². The summed E-state index contributed by atoms with van der Waals surface area (Å²) in [5, 5.41) is 2.89. The van der Waals surface area contributed by atoms with Crippen LogP contribution in [0.2, 0.25) is 0 Å². The van der Waals surface area contributed by atoms with Crippen molar-refractivity contribution in [2.45, 2.75) is 50.7 Å². The summed E-state index contributed by atoms with van der Waals surface area (Å²) in [5.41, 5.74) is 2.15. The summed E-state index contributed by atoms with van der Waals surface area (Å²) in [5.74, 6) is -1.17. The number of hydrogen-bond acceptors (Lipinski definition) is 5. The van der Waals surface area contributed by atoms with Gasteiger partial charge in [0.05, 0.1) is 17.7 Å². The third-order valence-corrected chi connectivity index (χ3v) is 9.04. The molecule has 0 unspecified atom stereocenters. The quantitative estimate of drug-likeness (QED) is 0.210. The van der Waals surface area contributed by atoms with E-state index in [-0.39, 0.29) is 35.2 Å². The Labute approximate surface area is 264 Å². The van der Waals surface area contributed by atoms with Crippen molar-refractivity contribution < 1.29 is 27.1 Å². The maximum absolute atomic E-state index is 15.0. The van der Waals surface area contributed by atoms with Crippen molar-refractivity contribution in [3.8, 4) is 5.75 Å². The van der Waals surface area contributed by atoms with Crippen LogP contribution in [0.5, 0.6) is 5.75 Å². The normalized spacial score (nSPS) is 12.0. The summed E-state index contributed by atoms with van der Waals surface area (Å²) in [6.07, 6.45) is 0.134. The number of methoxy groups -OCH3 is 1. The lowest BCUT2D eigenvalue weighted by Gasteiger charge is -2.34. The van der Waals surface area contributed by atoms with Crippen LogP contribution >= 0.6 is 0 Å². The monoisotopic (exact) mass is 631 g/mol. The van der Waals surface area contributed by atoms with E-state index in [2.05, 4.69) is 5.32 Å². The van der Waals surface area contributed by atoms with Gasteiger partial charge in [-0.05, 0) is 68.8 Å². The average Bonchev–Trinajstić information content (AvgIpc) is 3.03. The molecule has 8 nitrogen and oxygen atoms in total. The second kappa shape index (κ2) is 14.9. The van der Waals surface area contributed by atoms with Gasteiger partial charge in [-0.15, -0.1) is 0 Å². The molecule has 0 bridgehead atoms. The van der Waals surface area contributed by atoms with Crippen LogP contribution in [0.25, 0.3) is 0 Å². The molecule has 0 saturated heterocycles. The molecule has 236 valence electrons. The van der Waals surface area contributed by atoms with Crippen molar-refractivity contribution in [2.75, 3.05) is 18.0 Å². The molecule has 0 aliphatic carbocycles. The summed E-state index contributed by atoms with van der Waals surface area (Å²) < 4.78 is 49.4. The lowest BCUT2D eigenvalue weighted by Crippen LogP contribution is -2.54. The van der Waals surface area contributed by atoms with Gasteiger partial charge < -0.3 is 15.0 Å². The third kappa shape index (κ3) is 8.48. The van der Waals surface area contributed by atoms with E-state index in [9.17, 15) is 22.4 Å². The van der Waals surface area contributed by atoms with E-state index in [1.54, 1.807) is 56.3 Å². The minimum atomic E-state index is -4.27. The molecule has 1 N–H and O–H groups in total. The first-order valence-electron chi connectivity index (χ1n) is 14.6. The van der Waals surface area contributed by atoms with Crippen molar-refractivity contribution in [1.82, 2.24) is 10.2 Å². The Balaban J connectivity index is 1.81. The molecule has 0 saturated carbocycles. The first-order chi connectivity index (χ1) is 21.5. The number of hydrogen-bond donors (Lipinski definition) is 1. The fraction of sp³-hybridized carbons (Fsp3) is 0.257. The van der Waals surface area contributed by atoms with Gasteiger partial charge in [0.15, 0.2) is 0 Å². The number of carbonyl (C=O) groups excluding carboxylic acids is 2. The van der Waals surface area contributed by atoms with Crippen molar-refractivity contribution >= 4 is 27.5 Å². The summed E-state index contributed by atoms with van der Waals surface area (Å²) in [6, 6.07) is 26.5. The fourth-order valence-electron chi connectivity index (χ4n) is 4.86. The highest BCUT2D eigenvalue weighted by atomic mass is 32.2. The Morgan fingerprint density at radius 2 is 1.49 bits per heavy atom. The van der Waals surface area contributed by atoms with E-state index in [1.165, 1.54) is 42.3 Å². The Bertz CT molecular complexity index is 1700. The molecule has 0 fully saturated rings. The minimum absolute atomic E-state index is 0.0456. The zero-order valence-corrected chi connectivity index (χ0v) is 26.6. The molecule has 45 heavy (non-hydrogen) atoms. The second-order valence-corrected chi connectivity index (χ2v) is 12.9. The minimum Gasteiger partial charge on any atom is -0.497 e. The standard InChI is InChI=1S/C35H38FN3O5S/c1-25(2)37-35(41)33(22-27-10-6-5-7-11-27)38(23-28-12-8-9-13-32(28)36)34(40)24-39(29-16-14-26(3)15-17-29)45(42,43)31-20-18-30(44-4)19-21-31/h5-21,25,33H,22-24H2,1-4H3,(H,37,41)/t33-/m0/s1. The number of rotatable bonds is 13.